The van der Waals surface area contributed by atoms with Gasteiger partial charge in [0.05, 0.1) is 0 Å². The molecule has 0 saturated heterocycles. The van der Waals surface area contributed by atoms with Gasteiger partial charge in [-0.25, -0.2) is 0 Å². The zero-order valence-electron chi connectivity index (χ0n) is 8.10. The third-order valence-electron chi connectivity index (χ3n) is 2.17. The number of hydrogen-bond acceptors (Lipinski definition) is 1. The Morgan fingerprint density at radius 1 is 0.933 bits per heavy atom. The molecule has 0 aromatic carbocycles. The minimum Gasteiger partial charge on any atom is -0.318 e. The molecule has 2 aliphatic rings. The minimum absolute atomic E-state index is 0.742. The van der Waals surface area contributed by atoms with Crippen LogP contribution in [0.2, 0.25) is 0 Å². The van der Waals surface area contributed by atoms with Gasteiger partial charge in [-0.05, 0) is 23.3 Å². The lowest BCUT2D eigenvalue weighted by molar-refractivity contribution is 0.549. The van der Waals surface area contributed by atoms with E-state index in [1.807, 2.05) is 54.7 Å². The number of allylic oxidation sites excluding steroid dienone is 11. The first-order valence-electron chi connectivity index (χ1n) is 4.69. The Kier molecular flexibility index (Phi) is 2.79. The minimum atomic E-state index is 0.742. The van der Waals surface area contributed by atoms with Gasteiger partial charge in [0.1, 0.15) is 0 Å². The van der Waals surface area contributed by atoms with E-state index in [1.54, 1.807) is 6.41 Å². The van der Waals surface area contributed by atoms with Crippen LogP contribution in [0, 0.1) is 0 Å². The average molecular weight is 196 g/mol. The number of carbonyl (C=O) groups excluding carboxylic acids is 1. The molecule has 0 heterocycles. The molecule has 0 aromatic heterocycles. The normalized spacial score (nSPS) is 18.0. The van der Waals surface area contributed by atoms with Crippen LogP contribution in [0.1, 0.15) is 0 Å². The van der Waals surface area contributed by atoms with E-state index in [4.69, 9.17) is 0 Å². The highest BCUT2D eigenvalue weighted by atomic mass is 16.1. The predicted molar refractivity (Wildman–Crippen MR) is 60.5 cm³/mol. The van der Waals surface area contributed by atoms with Crippen molar-refractivity contribution < 1.29 is 4.79 Å². The average Bonchev–Trinajstić information content (AvgIpc) is 2.52. The Labute approximate surface area is 88.7 Å². The van der Waals surface area contributed by atoms with Crippen molar-refractivity contribution in [3.05, 3.63) is 71.5 Å². The van der Waals surface area contributed by atoms with Gasteiger partial charge in [0.25, 0.3) is 0 Å². The Morgan fingerprint density at radius 3 is 2.67 bits per heavy atom. The van der Waals surface area contributed by atoms with Crippen LogP contribution in [0.5, 0.6) is 0 Å². The molecule has 0 bridgehead atoms. The standard InChI is InChI=1S/C13H10NO/c15-10-14-13-8-4-7-11-5-2-1-3-6-12(11)9-13/h1-9H,(H,14,15). The fourth-order valence-electron chi connectivity index (χ4n) is 1.47. The van der Waals surface area contributed by atoms with Gasteiger partial charge >= 0.3 is 6.41 Å². The monoisotopic (exact) mass is 196 g/mol. The molecule has 0 aliphatic heterocycles. The number of nitrogens with one attached hydrogen (secondary N) is 1. The summed E-state index contributed by atoms with van der Waals surface area (Å²) < 4.78 is 0. The lowest BCUT2D eigenvalue weighted by Gasteiger charge is -2.01. The summed E-state index contributed by atoms with van der Waals surface area (Å²) in [5, 5.41) is 2.52. The molecule has 0 unspecified atom stereocenters. The van der Waals surface area contributed by atoms with Gasteiger partial charge in [0, 0.05) is 5.70 Å². The largest absolute Gasteiger partial charge is 0.318 e. The maximum absolute atomic E-state index is 10.2. The molecule has 0 atom stereocenters. The van der Waals surface area contributed by atoms with Crippen molar-refractivity contribution in [1.82, 2.24) is 5.32 Å². The van der Waals surface area contributed by atoms with Gasteiger partial charge < -0.3 is 5.32 Å². The van der Waals surface area contributed by atoms with Crippen molar-refractivity contribution in [2.45, 2.75) is 0 Å². The van der Waals surface area contributed by atoms with E-state index in [0.29, 0.717) is 0 Å². The highest BCUT2D eigenvalue weighted by Gasteiger charge is 2.03. The maximum atomic E-state index is 10.2. The summed E-state index contributed by atoms with van der Waals surface area (Å²) in [6.45, 7) is 0. The summed E-state index contributed by atoms with van der Waals surface area (Å²) in [4.78, 5) is 10.2. The third-order valence-corrected chi connectivity index (χ3v) is 2.17. The fourth-order valence-corrected chi connectivity index (χ4v) is 1.47. The Hall–Kier alpha value is -2.09. The fraction of sp³-hybridized carbons (Fsp3) is 0. The van der Waals surface area contributed by atoms with Crippen molar-refractivity contribution in [1.29, 1.82) is 0 Å². The molecule has 0 fully saturated rings. The first-order chi connectivity index (χ1) is 7.40. The summed E-state index contributed by atoms with van der Waals surface area (Å²) in [6, 6.07) is 0. The third kappa shape index (κ3) is 2.23. The Balaban J connectivity index is 2.39. The van der Waals surface area contributed by atoms with E-state index < -0.39 is 0 Å². The van der Waals surface area contributed by atoms with Gasteiger partial charge in [-0.1, -0.05) is 42.5 Å². The second-order valence-electron chi connectivity index (χ2n) is 3.17. The molecule has 0 spiro atoms. The second kappa shape index (κ2) is 4.42. The van der Waals surface area contributed by atoms with Gasteiger partial charge in [-0.2, -0.15) is 0 Å². The quantitative estimate of drug-likeness (QED) is 0.673. The van der Waals surface area contributed by atoms with Gasteiger partial charge in [-0.15, -0.1) is 0 Å². The first kappa shape index (κ1) is 9.46. The Morgan fingerprint density at radius 2 is 1.80 bits per heavy atom. The van der Waals surface area contributed by atoms with Crippen molar-refractivity contribution in [2.24, 2.45) is 0 Å². The molecule has 2 nitrogen and oxygen atoms in total. The van der Waals surface area contributed by atoms with E-state index >= 15 is 0 Å². The molecule has 0 saturated carbocycles. The van der Waals surface area contributed by atoms with Crippen LogP contribution in [0.3, 0.4) is 0 Å². The summed E-state index contributed by atoms with van der Waals surface area (Å²) in [5.74, 6) is 0. The van der Waals surface area contributed by atoms with Crippen molar-refractivity contribution in [3.63, 3.8) is 0 Å². The maximum Gasteiger partial charge on any atom is 0.314 e. The molecule has 1 radical (unpaired) electrons. The molecule has 2 heteroatoms. The number of hydrogen-bond donors (Lipinski definition) is 1. The summed E-state index contributed by atoms with van der Waals surface area (Å²) >= 11 is 0. The number of rotatable bonds is 2. The van der Waals surface area contributed by atoms with Crippen LogP contribution >= 0.6 is 0 Å². The van der Waals surface area contributed by atoms with E-state index in [1.165, 1.54) is 0 Å². The predicted octanol–water partition coefficient (Wildman–Crippen LogP) is 2.08. The van der Waals surface area contributed by atoms with Crippen LogP contribution in [-0.2, 0) is 4.79 Å². The highest BCUT2D eigenvalue weighted by Crippen LogP contribution is 2.20. The van der Waals surface area contributed by atoms with E-state index in [-0.39, 0.29) is 0 Å². The summed E-state index contributed by atoms with van der Waals surface area (Å²) in [5.41, 5.74) is 2.94. The first-order valence-corrected chi connectivity index (χ1v) is 4.69. The SMILES string of the molecule is O=[C]NC1=CC=CC2=CC=CC=CC2=C1. The van der Waals surface area contributed by atoms with E-state index in [0.717, 1.165) is 16.8 Å². The Bertz CT molecular complexity index is 445. The lowest BCUT2D eigenvalue weighted by Crippen LogP contribution is -2.07. The zero-order chi connectivity index (χ0) is 10.5. The molecule has 1 amide bonds. The van der Waals surface area contributed by atoms with Gasteiger partial charge in [0.2, 0.25) is 0 Å². The van der Waals surface area contributed by atoms with E-state index in [2.05, 4.69) is 5.32 Å². The number of fused-ring (bicyclic) bond motifs is 1. The van der Waals surface area contributed by atoms with Crippen molar-refractivity contribution >= 4 is 6.41 Å². The number of amides is 1. The topological polar surface area (TPSA) is 29.1 Å². The van der Waals surface area contributed by atoms with Gasteiger partial charge in [-0.3, -0.25) is 4.79 Å². The molecular weight excluding hydrogens is 186 g/mol. The van der Waals surface area contributed by atoms with Crippen LogP contribution in [0.4, 0.5) is 0 Å². The van der Waals surface area contributed by atoms with Crippen LogP contribution in [0.25, 0.3) is 0 Å². The molecule has 15 heavy (non-hydrogen) atoms. The molecule has 1 N–H and O–H groups in total. The molecule has 0 aromatic rings. The summed E-state index contributed by atoms with van der Waals surface area (Å²) in [7, 11) is 0. The van der Waals surface area contributed by atoms with E-state index in [9.17, 15) is 4.79 Å². The van der Waals surface area contributed by atoms with Crippen molar-refractivity contribution in [2.75, 3.05) is 0 Å². The molecular formula is C13H10NO. The van der Waals surface area contributed by atoms with Crippen LogP contribution < -0.4 is 5.32 Å². The zero-order valence-corrected chi connectivity index (χ0v) is 8.10. The van der Waals surface area contributed by atoms with Crippen LogP contribution in [0.15, 0.2) is 71.5 Å². The lowest BCUT2D eigenvalue weighted by atomic mass is 10.1. The van der Waals surface area contributed by atoms with Crippen LogP contribution in [-0.4, -0.2) is 6.41 Å². The summed E-state index contributed by atoms with van der Waals surface area (Å²) in [6.07, 6.45) is 19.3. The molecule has 73 valence electrons. The highest BCUT2D eigenvalue weighted by molar-refractivity contribution is 5.59. The second-order valence-corrected chi connectivity index (χ2v) is 3.17. The van der Waals surface area contributed by atoms with Gasteiger partial charge in [0.15, 0.2) is 0 Å². The molecule has 2 aliphatic carbocycles. The smallest absolute Gasteiger partial charge is 0.314 e. The van der Waals surface area contributed by atoms with Crippen molar-refractivity contribution in [3.8, 4) is 0 Å². The molecule has 2 rings (SSSR count).